The Balaban J connectivity index is 2.38. The number of hydrogen-bond acceptors (Lipinski definition) is 2. The molecular formula is C10H9NS. The molecular weight excluding hydrogens is 166 g/mol. The summed E-state index contributed by atoms with van der Waals surface area (Å²) in [4.78, 5) is 1.20. The Kier molecular flexibility index (Phi) is 1.74. The lowest BCUT2D eigenvalue weighted by atomic mass is 9.86. The zero-order valence-corrected chi connectivity index (χ0v) is 7.47. The van der Waals surface area contributed by atoms with Crippen LogP contribution in [-0.4, -0.2) is 0 Å². The molecule has 1 aromatic rings. The molecule has 0 aliphatic heterocycles. The molecule has 0 fully saturated rings. The number of nitriles is 1. The van der Waals surface area contributed by atoms with Crippen molar-refractivity contribution in [1.29, 1.82) is 5.26 Å². The number of hydrogen-bond donors (Lipinski definition) is 0. The van der Waals surface area contributed by atoms with E-state index in [1.165, 1.54) is 4.88 Å². The van der Waals surface area contributed by atoms with Crippen molar-refractivity contribution in [3.63, 3.8) is 0 Å². The van der Waals surface area contributed by atoms with Gasteiger partial charge in [-0.1, -0.05) is 18.2 Å². The molecule has 1 heterocycles. The Morgan fingerprint density at radius 1 is 1.42 bits per heavy atom. The van der Waals surface area contributed by atoms with Crippen molar-refractivity contribution in [3.05, 3.63) is 34.5 Å². The van der Waals surface area contributed by atoms with Crippen molar-refractivity contribution in [2.75, 3.05) is 0 Å². The van der Waals surface area contributed by atoms with Crippen LogP contribution in [0.5, 0.6) is 0 Å². The third kappa shape index (κ3) is 0.981. The lowest BCUT2D eigenvalue weighted by molar-refractivity contribution is 0.609. The number of thiophene rings is 1. The maximum Gasteiger partial charge on any atom is 0.0982 e. The molecule has 0 amide bonds. The van der Waals surface area contributed by atoms with E-state index in [0.29, 0.717) is 0 Å². The van der Waals surface area contributed by atoms with Crippen LogP contribution in [0.15, 0.2) is 29.7 Å². The molecule has 0 bridgehead atoms. The smallest absolute Gasteiger partial charge is 0.0982 e. The lowest BCUT2D eigenvalue weighted by Crippen LogP contribution is -2.17. The van der Waals surface area contributed by atoms with Gasteiger partial charge in [-0.3, -0.25) is 0 Å². The molecule has 0 N–H and O–H groups in total. The highest BCUT2D eigenvalue weighted by molar-refractivity contribution is 7.10. The molecule has 0 spiro atoms. The molecule has 0 atom stereocenters. The van der Waals surface area contributed by atoms with Crippen LogP contribution in [0.2, 0.25) is 0 Å². The van der Waals surface area contributed by atoms with Crippen molar-refractivity contribution in [2.24, 2.45) is 0 Å². The molecule has 2 heteroatoms. The monoisotopic (exact) mass is 175 g/mol. The maximum absolute atomic E-state index is 9.10. The average Bonchev–Trinajstić information content (AvgIpc) is 2.76. The molecule has 0 aromatic carbocycles. The molecule has 0 saturated heterocycles. The van der Waals surface area contributed by atoms with Crippen LogP contribution < -0.4 is 0 Å². The van der Waals surface area contributed by atoms with Crippen molar-refractivity contribution < 1.29 is 0 Å². The number of nitrogens with zero attached hydrogens (tertiary/aromatic N) is 1. The predicted octanol–water partition coefficient (Wildman–Crippen LogP) is 2.86. The first-order valence-corrected chi connectivity index (χ1v) is 4.86. The minimum Gasteiger partial charge on any atom is -0.197 e. The van der Waals surface area contributed by atoms with Crippen LogP contribution in [0.25, 0.3) is 0 Å². The summed E-state index contributed by atoms with van der Waals surface area (Å²) < 4.78 is 0. The number of allylic oxidation sites excluding steroid dienone is 2. The fraction of sp³-hybridized carbons (Fsp3) is 0.300. The molecule has 0 unspecified atom stereocenters. The minimum atomic E-state index is -0.228. The van der Waals surface area contributed by atoms with Crippen molar-refractivity contribution in [2.45, 2.75) is 18.3 Å². The van der Waals surface area contributed by atoms with Gasteiger partial charge in [0.05, 0.1) is 11.5 Å². The summed E-state index contributed by atoms with van der Waals surface area (Å²) >= 11 is 1.68. The highest BCUT2D eigenvalue weighted by Crippen LogP contribution is 2.38. The van der Waals surface area contributed by atoms with Gasteiger partial charge >= 0.3 is 0 Å². The molecule has 0 radical (unpaired) electrons. The number of rotatable bonds is 1. The Bertz CT molecular complexity index is 321. The summed E-state index contributed by atoms with van der Waals surface area (Å²) in [5.41, 5.74) is -0.228. The van der Waals surface area contributed by atoms with Gasteiger partial charge in [-0.15, -0.1) is 11.3 Å². The van der Waals surface area contributed by atoms with Gasteiger partial charge < -0.3 is 0 Å². The summed E-state index contributed by atoms with van der Waals surface area (Å²) in [6, 6.07) is 6.50. The Morgan fingerprint density at radius 3 is 2.67 bits per heavy atom. The third-order valence-electron chi connectivity index (χ3n) is 2.31. The summed E-state index contributed by atoms with van der Waals surface area (Å²) in [5.74, 6) is 0. The second-order valence-corrected chi connectivity index (χ2v) is 4.00. The molecule has 1 aromatic heterocycles. The normalized spacial score (nSPS) is 19.2. The molecule has 12 heavy (non-hydrogen) atoms. The summed E-state index contributed by atoms with van der Waals surface area (Å²) in [6.07, 6.45) is 5.96. The van der Waals surface area contributed by atoms with Crippen LogP contribution in [0, 0.1) is 11.3 Å². The first kappa shape index (κ1) is 7.57. The van der Waals surface area contributed by atoms with Gasteiger partial charge in [0.2, 0.25) is 0 Å². The van der Waals surface area contributed by atoms with Crippen LogP contribution in [0.3, 0.4) is 0 Å². The topological polar surface area (TPSA) is 23.8 Å². The minimum absolute atomic E-state index is 0.228. The molecule has 0 saturated carbocycles. The van der Waals surface area contributed by atoms with E-state index in [1.807, 2.05) is 11.4 Å². The SMILES string of the molecule is N#CC1(c2cccs2)CC=CC1. The molecule has 1 aliphatic carbocycles. The van der Waals surface area contributed by atoms with Gasteiger partial charge in [0.1, 0.15) is 0 Å². The Morgan fingerprint density at radius 2 is 2.17 bits per heavy atom. The van der Waals surface area contributed by atoms with E-state index in [1.54, 1.807) is 11.3 Å². The first-order chi connectivity index (χ1) is 5.87. The van der Waals surface area contributed by atoms with Gasteiger partial charge in [0, 0.05) is 4.88 Å². The van der Waals surface area contributed by atoms with Crippen LogP contribution in [-0.2, 0) is 5.41 Å². The molecule has 60 valence electrons. The van der Waals surface area contributed by atoms with Crippen LogP contribution in [0.1, 0.15) is 17.7 Å². The molecule has 2 rings (SSSR count). The van der Waals surface area contributed by atoms with Gasteiger partial charge in [-0.2, -0.15) is 5.26 Å². The lowest BCUT2D eigenvalue weighted by Gasteiger charge is -2.17. The Labute approximate surface area is 76.0 Å². The second kappa shape index (κ2) is 2.76. The standard InChI is InChI=1S/C10H9NS/c11-8-10(5-1-2-6-10)9-4-3-7-12-9/h1-4,7H,5-6H2. The molecule has 1 aliphatic rings. The van der Waals surface area contributed by atoms with Gasteiger partial charge in [-0.25, -0.2) is 0 Å². The van der Waals surface area contributed by atoms with Crippen LogP contribution in [0.4, 0.5) is 0 Å². The zero-order chi connectivity index (χ0) is 8.44. The summed E-state index contributed by atoms with van der Waals surface area (Å²) in [6.45, 7) is 0. The summed E-state index contributed by atoms with van der Waals surface area (Å²) in [5, 5.41) is 11.1. The zero-order valence-electron chi connectivity index (χ0n) is 6.66. The van der Waals surface area contributed by atoms with Gasteiger partial charge in [0.25, 0.3) is 0 Å². The maximum atomic E-state index is 9.10. The van der Waals surface area contributed by atoms with E-state index in [4.69, 9.17) is 5.26 Å². The average molecular weight is 175 g/mol. The van der Waals surface area contributed by atoms with Crippen molar-refractivity contribution in [1.82, 2.24) is 0 Å². The third-order valence-corrected chi connectivity index (χ3v) is 3.38. The predicted molar refractivity (Wildman–Crippen MR) is 50.0 cm³/mol. The van der Waals surface area contributed by atoms with E-state index in [2.05, 4.69) is 24.3 Å². The second-order valence-electron chi connectivity index (χ2n) is 3.05. The van der Waals surface area contributed by atoms with E-state index < -0.39 is 0 Å². The van der Waals surface area contributed by atoms with Gasteiger partial charge in [-0.05, 0) is 24.3 Å². The van der Waals surface area contributed by atoms with E-state index >= 15 is 0 Å². The Hall–Kier alpha value is -1.07. The van der Waals surface area contributed by atoms with E-state index in [-0.39, 0.29) is 5.41 Å². The van der Waals surface area contributed by atoms with Crippen molar-refractivity contribution in [3.8, 4) is 6.07 Å². The fourth-order valence-corrected chi connectivity index (χ4v) is 2.45. The summed E-state index contributed by atoms with van der Waals surface area (Å²) in [7, 11) is 0. The highest BCUT2D eigenvalue weighted by Gasteiger charge is 2.33. The highest BCUT2D eigenvalue weighted by atomic mass is 32.1. The first-order valence-electron chi connectivity index (χ1n) is 3.98. The fourth-order valence-electron chi connectivity index (χ4n) is 1.55. The van der Waals surface area contributed by atoms with Gasteiger partial charge in [0.15, 0.2) is 0 Å². The van der Waals surface area contributed by atoms with Crippen molar-refractivity contribution >= 4 is 11.3 Å². The van der Waals surface area contributed by atoms with E-state index in [0.717, 1.165) is 12.8 Å². The van der Waals surface area contributed by atoms with E-state index in [9.17, 15) is 0 Å². The largest absolute Gasteiger partial charge is 0.197 e. The van der Waals surface area contributed by atoms with Crippen LogP contribution >= 0.6 is 11.3 Å². The molecule has 1 nitrogen and oxygen atoms in total. The quantitative estimate of drug-likeness (QED) is 0.602.